The van der Waals surface area contributed by atoms with Gasteiger partial charge in [-0.05, 0) is 71.5 Å². The minimum atomic E-state index is -0.385. The first kappa shape index (κ1) is 17.9. The van der Waals surface area contributed by atoms with Crippen molar-refractivity contribution in [2.75, 3.05) is 31.2 Å². The number of carbonyl (C=O) groups is 1. The molecule has 1 aromatic heterocycles. The molecule has 1 aliphatic heterocycles. The second-order valence-corrected chi connectivity index (χ2v) is 7.72. The Bertz CT molecular complexity index is 1100. The van der Waals surface area contributed by atoms with Gasteiger partial charge in [-0.2, -0.15) is 0 Å². The van der Waals surface area contributed by atoms with Gasteiger partial charge >= 0.3 is 0 Å². The number of nitrogens with two attached hydrogens (primary N) is 1. The van der Waals surface area contributed by atoms with Gasteiger partial charge in [-0.25, -0.2) is 0 Å². The zero-order chi connectivity index (χ0) is 20.0. The van der Waals surface area contributed by atoms with Crippen molar-refractivity contribution in [3.05, 3.63) is 71.0 Å². The average Bonchev–Trinajstić information content (AvgIpc) is 3.12. The Morgan fingerprint density at radius 1 is 1.03 bits per heavy atom. The predicted molar refractivity (Wildman–Crippen MR) is 114 cm³/mol. The number of hydrogen-bond acceptors (Lipinski definition) is 4. The molecular weight excluding hydrogens is 362 g/mol. The van der Waals surface area contributed by atoms with E-state index in [4.69, 9.17) is 10.5 Å². The van der Waals surface area contributed by atoms with E-state index >= 15 is 0 Å². The summed E-state index contributed by atoms with van der Waals surface area (Å²) in [6.07, 6.45) is 2.58. The smallest absolute Gasteiger partial charge is 0.249 e. The number of pyridine rings is 1. The van der Waals surface area contributed by atoms with Crippen LogP contribution in [-0.4, -0.2) is 37.2 Å². The zero-order valence-electron chi connectivity index (χ0n) is 16.4. The van der Waals surface area contributed by atoms with Crippen LogP contribution in [0.15, 0.2) is 48.7 Å². The number of morpholine rings is 1. The van der Waals surface area contributed by atoms with Crippen molar-refractivity contribution in [1.82, 2.24) is 4.98 Å². The van der Waals surface area contributed by atoms with Crippen LogP contribution in [0.3, 0.4) is 0 Å². The van der Waals surface area contributed by atoms with Gasteiger partial charge in [0.05, 0.1) is 13.2 Å². The van der Waals surface area contributed by atoms with Crippen molar-refractivity contribution in [3.8, 4) is 22.3 Å². The number of anilines is 1. The van der Waals surface area contributed by atoms with Gasteiger partial charge in [-0.3, -0.25) is 9.78 Å². The van der Waals surface area contributed by atoms with Gasteiger partial charge in [0.1, 0.15) is 0 Å². The van der Waals surface area contributed by atoms with Gasteiger partial charge in [0, 0.05) is 41.8 Å². The summed E-state index contributed by atoms with van der Waals surface area (Å²) in [4.78, 5) is 19.0. The van der Waals surface area contributed by atoms with E-state index in [-0.39, 0.29) is 5.91 Å². The summed E-state index contributed by atoms with van der Waals surface area (Å²) in [5.74, 6) is -0.385. The standard InChI is InChI=1S/C24H23N3O2/c1-15-2-3-16(14-26-15)17-11-21-20-5-4-19(27-6-8-29-9-7-27)10-18(20)13-22(21)23(12-17)24(25)28/h2-5,10-12,14H,6-9,13H2,1H3,(H2,25,28). The summed E-state index contributed by atoms with van der Waals surface area (Å²) in [7, 11) is 0. The van der Waals surface area contributed by atoms with E-state index in [0.29, 0.717) is 5.56 Å². The van der Waals surface area contributed by atoms with Gasteiger partial charge in [-0.15, -0.1) is 0 Å². The van der Waals surface area contributed by atoms with E-state index < -0.39 is 0 Å². The number of primary amides is 1. The normalized spacial score (nSPS) is 15.1. The van der Waals surface area contributed by atoms with Gasteiger partial charge < -0.3 is 15.4 Å². The third-order valence-corrected chi connectivity index (χ3v) is 5.88. The fourth-order valence-corrected chi connectivity index (χ4v) is 4.33. The van der Waals surface area contributed by atoms with Crippen LogP contribution < -0.4 is 10.6 Å². The van der Waals surface area contributed by atoms with Crippen molar-refractivity contribution in [1.29, 1.82) is 0 Å². The number of rotatable bonds is 3. The lowest BCUT2D eigenvalue weighted by molar-refractivity contribution is 0.0999. The maximum absolute atomic E-state index is 12.2. The van der Waals surface area contributed by atoms with Crippen LogP contribution in [0, 0.1) is 6.92 Å². The highest BCUT2D eigenvalue weighted by Crippen LogP contribution is 2.42. The highest BCUT2D eigenvalue weighted by atomic mass is 16.5. The highest BCUT2D eigenvalue weighted by molar-refractivity contribution is 6.00. The molecule has 0 spiro atoms. The number of ether oxygens (including phenoxy) is 1. The molecule has 0 atom stereocenters. The lowest BCUT2D eigenvalue weighted by atomic mass is 9.94. The number of aryl methyl sites for hydroxylation is 1. The molecule has 0 unspecified atom stereocenters. The van der Waals surface area contributed by atoms with Crippen molar-refractivity contribution in [3.63, 3.8) is 0 Å². The Morgan fingerprint density at radius 2 is 1.86 bits per heavy atom. The first-order valence-electron chi connectivity index (χ1n) is 9.96. The Hall–Kier alpha value is -3.18. The fourth-order valence-electron chi connectivity index (χ4n) is 4.33. The molecule has 5 heteroatoms. The van der Waals surface area contributed by atoms with E-state index in [0.717, 1.165) is 60.7 Å². The number of fused-ring (bicyclic) bond motifs is 3. The molecule has 5 rings (SSSR count). The molecule has 2 aromatic carbocycles. The molecule has 3 aromatic rings. The molecule has 5 nitrogen and oxygen atoms in total. The third-order valence-electron chi connectivity index (χ3n) is 5.88. The minimum absolute atomic E-state index is 0.385. The van der Waals surface area contributed by atoms with E-state index in [1.807, 2.05) is 31.3 Å². The molecule has 0 radical (unpaired) electrons. The summed E-state index contributed by atoms with van der Waals surface area (Å²) in [5.41, 5.74) is 15.0. The van der Waals surface area contributed by atoms with Crippen LogP contribution in [0.25, 0.3) is 22.3 Å². The third kappa shape index (κ3) is 3.17. The Labute approximate surface area is 170 Å². The predicted octanol–water partition coefficient (Wildman–Crippen LogP) is 3.56. The lowest BCUT2D eigenvalue weighted by Crippen LogP contribution is -2.36. The molecule has 2 aliphatic rings. The van der Waals surface area contributed by atoms with Gasteiger partial charge in [0.15, 0.2) is 0 Å². The van der Waals surface area contributed by atoms with Crippen LogP contribution in [0.5, 0.6) is 0 Å². The minimum Gasteiger partial charge on any atom is -0.378 e. The number of nitrogens with zero attached hydrogens (tertiary/aromatic N) is 2. The van der Waals surface area contributed by atoms with Crippen molar-refractivity contribution in [2.24, 2.45) is 5.73 Å². The van der Waals surface area contributed by atoms with Gasteiger partial charge in [0.2, 0.25) is 5.91 Å². The maximum atomic E-state index is 12.2. The summed E-state index contributed by atoms with van der Waals surface area (Å²) < 4.78 is 5.47. The van der Waals surface area contributed by atoms with Crippen LogP contribution in [-0.2, 0) is 11.2 Å². The van der Waals surface area contributed by atoms with Crippen molar-refractivity contribution in [2.45, 2.75) is 13.3 Å². The van der Waals surface area contributed by atoms with E-state index in [1.54, 1.807) is 0 Å². The van der Waals surface area contributed by atoms with Gasteiger partial charge in [0.25, 0.3) is 0 Å². The SMILES string of the molecule is Cc1ccc(-c2cc(C(N)=O)c3c(c2)-c2ccc(N4CCOCC4)cc2C3)cn1. The average molecular weight is 385 g/mol. The first-order chi connectivity index (χ1) is 14.1. The molecule has 1 amide bonds. The number of carbonyl (C=O) groups excluding carboxylic acids is 1. The fraction of sp³-hybridized carbons (Fsp3) is 0.250. The molecule has 0 bridgehead atoms. The van der Waals surface area contributed by atoms with Crippen LogP contribution >= 0.6 is 0 Å². The summed E-state index contributed by atoms with van der Waals surface area (Å²) >= 11 is 0. The molecule has 2 heterocycles. The number of amides is 1. The van der Waals surface area contributed by atoms with E-state index in [2.05, 4.69) is 34.1 Å². The van der Waals surface area contributed by atoms with E-state index in [1.165, 1.54) is 16.8 Å². The summed E-state index contributed by atoms with van der Waals surface area (Å²) in [6, 6.07) is 14.7. The molecule has 2 N–H and O–H groups in total. The van der Waals surface area contributed by atoms with Crippen molar-refractivity contribution >= 4 is 11.6 Å². The largest absolute Gasteiger partial charge is 0.378 e. The summed E-state index contributed by atoms with van der Waals surface area (Å²) in [5, 5.41) is 0. The highest BCUT2D eigenvalue weighted by Gasteiger charge is 2.25. The monoisotopic (exact) mass is 385 g/mol. The number of benzene rings is 2. The quantitative estimate of drug-likeness (QED) is 0.585. The Balaban J connectivity index is 1.60. The first-order valence-corrected chi connectivity index (χ1v) is 9.96. The molecule has 0 saturated carbocycles. The molecule has 146 valence electrons. The molecule has 1 aliphatic carbocycles. The second kappa shape index (κ2) is 7.01. The van der Waals surface area contributed by atoms with Crippen LogP contribution in [0.4, 0.5) is 5.69 Å². The number of hydrogen-bond donors (Lipinski definition) is 1. The molecule has 29 heavy (non-hydrogen) atoms. The van der Waals surface area contributed by atoms with Crippen LogP contribution in [0.2, 0.25) is 0 Å². The number of aromatic nitrogens is 1. The van der Waals surface area contributed by atoms with Crippen molar-refractivity contribution < 1.29 is 9.53 Å². The second-order valence-electron chi connectivity index (χ2n) is 7.72. The molecular formula is C24H23N3O2. The zero-order valence-corrected chi connectivity index (χ0v) is 16.4. The summed E-state index contributed by atoms with van der Waals surface area (Å²) in [6.45, 7) is 5.30. The topological polar surface area (TPSA) is 68.5 Å². The Morgan fingerprint density at radius 3 is 2.59 bits per heavy atom. The maximum Gasteiger partial charge on any atom is 0.249 e. The van der Waals surface area contributed by atoms with Gasteiger partial charge in [-0.1, -0.05) is 12.1 Å². The lowest BCUT2D eigenvalue weighted by Gasteiger charge is -2.29. The van der Waals surface area contributed by atoms with E-state index in [9.17, 15) is 4.79 Å². The molecule has 1 fully saturated rings. The van der Waals surface area contributed by atoms with Crippen LogP contribution in [0.1, 0.15) is 27.2 Å². The molecule has 1 saturated heterocycles. The Kier molecular flexibility index (Phi) is 4.32.